The molecule has 0 heterocycles. The van der Waals surface area contributed by atoms with E-state index < -0.39 is 11.7 Å². The molecule has 5 nitrogen and oxygen atoms in total. The van der Waals surface area contributed by atoms with Crippen molar-refractivity contribution in [3.63, 3.8) is 0 Å². The standard InChI is InChI=1S/C14H19FN2O3/c1-14(2,3)17-12(18)8-16-13(19)10-7-9(15)5-6-11(10)20-4/h5-7H,8H2,1-4H3,(H,16,19)(H,17,18). The molecule has 6 heteroatoms. The van der Waals surface area contributed by atoms with E-state index in [1.165, 1.54) is 19.2 Å². The predicted octanol–water partition coefficient (Wildman–Crippen LogP) is 1.48. The van der Waals surface area contributed by atoms with E-state index in [4.69, 9.17) is 4.74 Å². The van der Waals surface area contributed by atoms with Crippen LogP contribution in [0.1, 0.15) is 31.1 Å². The Bertz CT molecular complexity index is 510. The molecule has 0 bridgehead atoms. The molecule has 2 N–H and O–H groups in total. The number of carbonyl (C=O) groups excluding carboxylic acids is 2. The van der Waals surface area contributed by atoms with Crippen LogP contribution >= 0.6 is 0 Å². The van der Waals surface area contributed by atoms with Crippen molar-refractivity contribution in [2.45, 2.75) is 26.3 Å². The summed E-state index contributed by atoms with van der Waals surface area (Å²) >= 11 is 0. The van der Waals surface area contributed by atoms with Crippen LogP contribution in [0.2, 0.25) is 0 Å². The Morgan fingerprint density at radius 1 is 1.30 bits per heavy atom. The fraction of sp³-hybridized carbons (Fsp3) is 0.429. The Kier molecular flexibility index (Phi) is 5.07. The molecule has 0 unspecified atom stereocenters. The lowest BCUT2D eigenvalue weighted by molar-refractivity contribution is -0.121. The molecule has 1 aromatic carbocycles. The van der Waals surface area contributed by atoms with E-state index in [0.717, 1.165) is 6.07 Å². The highest BCUT2D eigenvalue weighted by Gasteiger charge is 2.17. The minimum Gasteiger partial charge on any atom is -0.496 e. The molecule has 0 aliphatic rings. The van der Waals surface area contributed by atoms with E-state index in [2.05, 4.69) is 10.6 Å². The van der Waals surface area contributed by atoms with Gasteiger partial charge in [0.15, 0.2) is 0 Å². The zero-order chi connectivity index (χ0) is 15.3. The van der Waals surface area contributed by atoms with Crippen molar-refractivity contribution in [2.24, 2.45) is 0 Å². The molecule has 0 aromatic heterocycles. The van der Waals surface area contributed by atoms with Crippen LogP contribution in [0.15, 0.2) is 18.2 Å². The number of halogens is 1. The van der Waals surface area contributed by atoms with Gasteiger partial charge in [0.2, 0.25) is 5.91 Å². The largest absolute Gasteiger partial charge is 0.496 e. The fourth-order valence-corrected chi connectivity index (χ4v) is 1.58. The van der Waals surface area contributed by atoms with Gasteiger partial charge in [-0.2, -0.15) is 0 Å². The number of amides is 2. The molecular formula is C14H19FN2O3. The van der Waals surface area contributed by atoms with E-state index in [0.29, 0.717) is 0 Å². The van der Waals surface area contributed by atoms with Crippen LogP contribution in [0.4, 0.5) is 4.39 Å². The number of hydrogen-bond acceptors (Lipinski definition) is 3. The molecule has 110 valence electrons. The Hall–Kier alpha value is -2.11. The fourth-order valence-electron chi connectivity index (χ4n) is 1.58. The quantitative estimate of drug-likeness (QED) is 0.879. The van der Waals surface area contributed by atoms with Crippen LogP contribution in [0.25, 0.3) is 0 Å². The number of carbonyl (C=O) groups is 2. The lowest BCUT2D eigenvalue weighted by atomic mass is 10.1. The van der Waals surface area contributed by atoms with Gasteiger partial charge in [-0.25, -0.2) is 4.39 Å². The van der Waals surface area contributed by atoms with Gasteiger partial charge in [0.1, 0.15) is 11.6 Å². The second-order valence-electron chi connectivity index (χ2n) is 5.33. The van der Waals surface area contributed by atoms with Crippen LogP contribution in [0, 0.1) is 5.82 Å². The first-order valence-electron chi connectivity index (χ1n) is 6.15. The predicted molar refractivity (Wildman–Crippen MR) is 73.2 cm³/mol. The Morgan fingerprint density at radius 3 is 2.50 bits per heavy atom. The monoisotopic (exact) mass is 282 g/mol. The minimum atomic E-state index is -0.564. The molecule has 0 aliphatic heterocycles. The van der Waals surface area contributed by atoms with E-state index in [-0.39, 0.29) is 29.3 Å². The third-order valence-corrected chi connectivity index (χ3v) is 2.33. The van der Waals surface area contributed by atoms with Gasteiger partial charge in [-0.3, -0.25) is 9.59 Å². The third-order valence-electron chi connectivity index (χ3n) is 2.33. The smallest absolute Gasteiger partial charge is 0.255 e. The maximum atomic E-state index is 13.2. The molecular weight excluding hydrogens is 263 g/mol. The summed E-state index contributed by atoms with van der Waals surface area (Å²) in [6.45, 7) is 5.32. The van der Waals surface area contributed by atoms with Crippen molar-refractivity contribution >= 4 is 11.8 Å². The summed E-state index contributed by atoms with van der Waals surface area (Å²) in [5, 5.41) is 5.13. The van der Waals surface area contributed by atoms with Crippen molar-refractivity contribution in [1.29, 1.82) is 0 Å². The maximum absolute atomic E-state index is 13.2. The number of benzene rings is 1. The molecule has 20 heavy (non-hydrogen) atoms. The Labute approximate surface area is 117 Å². The van der Waals surface area contributed by atoms with Gasteiger partial charge in [-0.1, -0.05) is 0 Å². The molecule has 1 rings (SSSR count). The minimum absolute atomic E-state index is 0.0519. The van der Waals surface area contributed by atoms with Gasteiger partial charge >= 0.3 is 0 Å². The molecule has 0 spiro atoms. The third kappa shape index (κ3) is 4.87. The zero-order valence-electron chi connectivity index (χ0n) is 12.0. The Balaban J connectivity index is 2.68. The highest BCUT2D eigenvalue weighted by molar-refractivity contribution is 5.98. The summed E-state index contributed by atoms with van der Waals surface area (Å²) in [4.78, 5) is 23.5. The zero-order valence-corrected chi connectivity index (χ0v) is 12.0. The first-order valence-corrected chi connectivity index (χ1v) is 6.15. The lowest BCUT2D eigenvalue weighted by Gasteiger charge is -2.20. The van der Waals surface area contributed by atoms with E-state index in [1.54, 1.807) is 0 Å². The average molecular weight is 282 g/mol. The number of hydrogen-bond donors (Lipinski definition) is 2. The number of nitrogens with one attached hydrogen (secondary N) is 2. The molecule has 0 fully saturated rings. The SMILES string of the molecule is COc1ccc(F)cc1C(=O)NCC(=O)NC(C)(C)C. The lowest BCUT2D eigenvalue weighted by Crippen LogP contribution is -2.45. The maximum Gasteiger partial charge on any atom is 0.255 e. The van der Waals surface area contributed by atoms with Crippen LogP contribution in [0.3, 0.4) is 0 Å². The van der Waals surface area contributed by atoms with Crippen molar-refractivity contribution in [1.82, 2.24) is 10.6 Å². The van der Waals surface area contributed by atoms with Gasteiger partial charge in [0.05, 0.1) is 19.2 Å². The first-order chi connectivity index (χ1) is 9.23. The molecule has 0 atom stereocenters. The second kappa shape index (κ2) is 6.36. The van der Waals surface area contributed by atoms with Crippen LogP contribution in [-0.2, 0) is 4.79 Å². The molecule has 1 aromatic rings. The molecule has 0 aliphatic carbocycles. The summed E-state index contributed by atoms with van der Waals surface area (Å²) in [6.07, 6.45) is 0. The van der Waals surface area contributed by atoms with Crippen LogP contribution in [-0.4, -0.2) is 31.0 Å². The highest BCUT2D eigenvalue weighted by atomic mass is 19.1. The van der Waals surface area contributed by atoms with Crippen molar-refractivity contribution in [2.75, 3.05) is 13.7 Å². The van der Waals surface area contributed by atoms with Crippen molar-refractivity contribution in [3.05, 3.63) is 29.6 Å². The van der Waals surface area contributed by atoms with Crippen molar-refractivity contribution in [3.8, 4) is 5.75 Å². The summed E-state index contributed by atoms with van der Waals surface area (Å²) in [5.41, 5.74) is -0.325. The van der Waals surface area contributed by atoms with Crippen LogP contribution < -0.4 is 15.4 Å². The normalized spacial score (nSPS) is 10.8. The number of rotatable bonds is 4. The van der Waals surface area contributed by atoms with Crippen molar-refractivity contribution < 1.29 is 18.7 Å². The number of methoxy groups -OCH3 is 1. The van der Waals surface area contributed by atoms with E-state index in [1.807, 2.05) is 20.8 Å². The molecule has 0 radical (unpaired) electrons. The number of ether oxygens (including phenoxy) is 1. The average Bonchev–Trinajstić information content (AvgIpc) is 2.33. The van der Waals surface area contributed by atoms with E-state index >= 15 is 0 Å². The summed E-state index contributed by atoms with van der Waals surface area (Å²) in [6, 6.07) is 3.62. The summed E-state index contributed by atoms with van der Waals surface area (Å²) in [5.74, 6) is -1.18. The second-order valence-corrected chi connectivity index (χ2v) is 5.33. The van der Waals surface area contributed by atoms with Gasteiger partial charge in [-0.05, 0) is 39.0 Å². The molecule has 0 saturated carbocycles. The highest BCUT2D eigenvalue weighted by Crippen LogP contribution is 2.18. The van der Waals surface area contributed by atoms with Gasteiger partial charge < -0.3 is 15.4 Å². The van der Waals surface area contributed by atoms with Gasteiger partial charge in [0, 0.05) is 5.54 Å². The summed E-state index contributed by atoms with van der Waals surface area (Å²) < 4.78 is 18.1. The molecule has 2 amide bonds. The van der Waals surface area contributed by atoms with Crippen LogP contribution in [0.5, 0.6) is 5.75 Å². The van der Waals surface area contributed by atoms with E-state index in [9.17, 15) is 14.0 Å². The topological polar surface area (TPSA) is 67.4 Å². The van der Waals surface area contributed by atoms with Gasteiger partial charge in [-0.15, -0.1) is 0 Å². The first kappa shape index (κ1) is 15.9. The molecule has 0 saturated heterocycles. The Morgan fingerprint density at radius 2 is 1.95 bits per heavy atom. The summed E-state index contributed by atoms with van der Waals surface area (Å²) in [7, 11) is 1.39. The van der Waals surface area contributed by atoms with Gasteiger partial charge in [0.25, 0.3) is 5.91 Å².